The van der Waals surface area contributed by atoms with Gasteiger partial charge >= 0.3 is 0 Å². The number of nitrogens with one attached hydrogen (secondary N) is 1. The molecule has 0 aromatic carbocycles. The Bertz CT molecular complexity index is 563. The van der Waals surface area contributed by atoms with Gasteiger partial charge in [-0.15, -0.1) is 0 Å². The normalized spacial score (nSPS) is 14.4. The molecular formula is C16H23N3O3. The Hall–Kier alpha value is -2.11. The van der Waals surface area contributed by atoms with Crippen molar-refractivity contribution in [2.75, 3.05) is 18.4 Å². The van der Waals surface area contributed by atoms with Crippen LogP contribution in [0.4, 0.5) is 5.82 Å². The summed E-state index contributed by atoms with van der Waals surface area (Å²) in [7, 11) is 0. The predicted molar refractivity (Wildman–Crippen MR) is 83.3 cm³/mol. The SMILES string of the molecule is CC(=O)N(CCC1=CCCCC1)CC(=O)Nc1cc(C)on1. The molecule has 22 heavy (non-hydrogen) atoms. The molecule has 0 saturated heterocycles. The van der Waals surface area contributed by atoms with E-state index in [0.717, 1.165) is 19.3 Å². The van der Waals surface area contributed by atoms with Crippen molar-refractivity contribution in [2.24, 2.45) is 0 Å². The van der Waals surface area contributed by atoms with Gasteiger partial charge in [-0.2, -0.15) is 0 Å². The molecule has 0 radical (unpaired) electrons. The van der Waals surface area contributed by atoms with Crippen LogP contribution in [0.1, 0.15) is 44.8 Å². The predicted octanol–water partition coefficient (Wildman–Crippen LogP) is 2.66. The molecule has 1 heterocycles. The van der Waals surface area contributed by atoms with Gasteiger partial charge in [0, 0.05) is 19.5 Å². The Morgan fingerprint density at radius 2 is 2.23 bits per heavy atom. The molecule has 2 amide bonds. The number of hydrogen-bond acceptors (Lipinski definition) is 4. The van der Waals surface area contributed by atoms with Crippen LogP contribution in [0.2, 0.25) is 0 Å². The number of nitrogens with zero attached hydrogens (tertiary/aromatic N) is 2. The van der Waals surface area contributed by atoms with E-state index in [4.69, 9.17) is 4.52 Å². The van der Waals surface area contributed by atoms with E-state index < -0.39 is 0 Å². The third kappa shape index (κ3) is 5.02. The molecule has 1 aromatic heterocycles. The lowest BCUT2D eigenvalue weighted by Gasteiger charge is -2.22. The minimum atomic E-state index is -0.263. The molecule has 0 aliphatic heterocycles. The van der Waals surface area contributed by atoms with E-state index in [1.54, 1.807) is 17.9 Å². The number of anilines is 1. The Kier molecular flexibility index (Phi) is 5.75. The topological polar surface area (TPSA) is 75.4 Å². The summed E-state index contributed by atoms with van der Waals surface area (Å²) in [5.74, 6) is 0.646. The van der Waals surface area contributed by atoms with Crippen molar-refractivity contribution in [3.05, 3.63) is 23.5 Å². The zero-order chi connectivity index (χ0) is 15.9. The highest BCUT2D eigenvalue weighted by atomic mass is 16.5. The van der Waals surface area contributed by atoms with E-state index >= 15 is 0 Å². The molecule has 2 rings (SSSR count). The first-order valence-corrected chi connectivity index (χ1v) is 7.71. The highest BCUT2D eigenvalue weighted by Crippen LogP contribution is 2.20. The summed E-state index contributed by atoms with van der Waals surface area (Å²) in [6.45, 7) is 3.85. The molecule has 6 nitrogen and oxygen atoms in total. The van der Waals surface area contributed by atoms with E-state index in [1.807, 2.05) is 0 Å². The van der Waals surface area contributed by atoms with Crippen LogP contribution in [0, 0.1) is 6.92 Å². The van der Waals surface area contributed by atoms with Crippen LogP contribution in [0.15, 0.2) is 22.2 Å². The summed E-state index contributed by atoms with van der Waals surface area (Å²) in [4.78, 5) is 25.3. The lowest BCUT2D eigenvalue weighted by Crippen LogP contribution is -2.37. The van der Waals surface area contributed by atoms with Gasteiger partial charge in [0.2, 0.25) is 11.8 Å². The molecule has 0 spiro atoms. The van der Waals surface area contributed by atoms with Gasteiger partial charge in [0.15, 0.2) is 5.82 Å². The van der Waals surface area contributed by atoms with Gasteiger partial charge < -0.3 is 14.7 Å². The summed E-state index contributed by atoms with van der Waals surface area (Å²) < 4.78 is 4.89. The molecular weight excluding hydrogens is 282 g/mol. The molecule has 0 saturated carbocycles. The first kappa shape index (κ1) is 16.3. The van der Waals surface area contributed by atoms with Crippen LogP contribution in [-0.4, -0.2) is 35.0 Å². The second kappa shape index (κ2) is 7.77. The number of rotatable bonds is 6. The average molecular weight is 305 g/mol. The Morgan fingerprint density at radius 3 is 2.82 bits per heavy atom. The molecule has 1 aromatic rings. The van der Waals surface area contributed by atoms with E-state index in [-0.39, 0.29) is 18.4 Å². The lowest BCUT2D eigenvalue weighted by atomic mass is 9.97. The smallest absolute Gasteiger partial charge is 0.245 e. The summed E-state index contributed by atoms with van der Waals surface area (Å²) in [6.07, 6.45) is 7.81. The maximum absolute atomic E-state index is 12.0. The zero-order valence-corrected chi connectivity index (χ0v) is 13.2. The van der Waals surface area contributed by atoms with Gasteiger partial charge in [-0.25, -0.2) is 0 Å². The second-order valence-electron chi connectivity index (χ2n) is 5.67. The number of hydrogen-bond donors (Lipinski definition) is 1. The highest BCUT2D eigenvalue weighted by molar-refractivity contribution is 5.93. The third-order valence-corrected chi connectivity index (χ3v) is 3.76. The van der Waals surface area contributed by atoms with Gasteiger partial charge in [-0.05, 0) is 39.0 Å². The average Bonchev–Trinajstić information content (AvgIpc) is 2.89. The first-order valence-electron chi connectivity index (χ1n) is 7.71. The van der Waals surface area contributed by atoms with Gasteiger partial charge in [0.25, 0.3) is 0 Å². The molecule has 0 unspecified atom stereocenters. The van der Waals surface area contributed by atoms with Crippen molar-refractivity contribution in [1.82, 2.24) is 10.1 Å². The van der Waals surface area contributed by atoms with Gasteiger partial charge in [0.1, 0.15) is 5.76 Å². The minimum Gasteiger partial charge on any atom is -0.360 e. The lowest BCUT2D eigenvalue weighted by molar-refractivity contribution is -0.132. The number of allylic oxidation sites excluding steroid dienone is 1. The number of amides is 2. The van der Waals surface area contributed by atoms with Crippen LogP contribution in [0.3, 0.4) is 0 Å². The van der Waals surface area contributed by atoms with Crippen molar-refractivity contribution >= 4 is 17.6 Å². The standard InChI is InChI=1S/C16H23N3O3/c1-12-10-15(18-22-12)17-16(21)11-19(13(2)20)9-8-14-6-4-3-5-7-14/h6,10H,3-5,7-9,11H2,1-2H3,(H,17,18,21). The van der Waals surface area contributed by atoms with Gasteiger partial charge in [0.05, 0.1) is 6.54 Å². The van der Waals surface area contributed by atoms with Gasteiger partial charge in [-0.3, -0.25) is 9.59 Å². The summed E-state index contributed by atoms with van der Waals surface area (Å²) in [5.41, 5.74) is 1.39. The number of aromatic nitrogens is 1. The fourth-order valence-electron chi connectivity index (χ4n) is 2.54. The zero-order valence-electron chi connectivity index (χ0n) is 13.2. The first-order chi connectivity index (χ1) is 10.5. The fourth-order valence-corrected chi connectivity index (χ4v) is 2.54. The summed E-state index contributed by atoms with van der Waals surface area (Å²) in [6, 6.07) is 1.64. The highest BCUT2D eigenvalue weighted by Gasteiger charge is 2.15. The number of carbonyl (C=O) groups excluding carboxylic acids is 2. The molecule has 120 valence electrons. The van der Waals surface area contributed by atoms with Crippen molar-refractivity contribution < 1.29 is 14.1 Å². The molecule has 0 bridgehead atoms. The van der Waals surface area contributed by atoms with Crippen LogP contribution in [0.5, 0.6) is 0 Å². The van der Waals surface area contributed by atoms with Gasteiger partial charge in [-0.1, -0.05) is 16.8 Å². The summed E-state index contributed by atoms with van der Waals surface area (Å²) >= 11 is 0. The van der Waals surface area contributed by atoms with Crippen molar-refractivity contribution in [3.63, 3.8) is 0 Å². The quantitative estimate of drug-likeness (QED) is 0.820. The molecule has 0 fully saturated rings. The van der Waals surface area contributed by atoms with Crippen LogP contribution < -0.4 is 5.32 Å². The van der Waals surface area contributed by atoms with Crippen LogP contribution in [0.25, 0.3) is 0 Å². The largest absolute Gasteiger partial charge is 0.360 e. The molecule has 6 heteroatoms. The summed E-state index contributed by atoms with van der Waals surface area (Å²) in [5, 5.41) is 6.34. The number of aryl methyl sites for hydroxylation is 1. The maximum atomic E-state index is 12.0. The van der Waals surface area contributed by atoms with Crippen LogP contribution in [-0.2, 0) is 9.59 Å². The van der Waals surface area contributed by atoms with Crippen molar-refractivity contribution in [3.8, 4) is 0 Å². The second-order valence-corrected chi connectivity index (χ2v) is 5.67. The van der Waals surface area contributed by atoms with E-state index in [0.29, 0.717) is 18.1 Å². The Balaban J connectivity index is 1.83. The van der Waals surface area contributed by atoms with E-state index in [1.165, 1.54) is 25.3 Å². The molecule has 0 atom stereocenters. The van der Waals surface area contributed by atoms with E-state index in [9.17, 15) is 9.59 Å². The molecule has 1 aliphatic carbocycles. The monoisotopic (exact) mass is 305 g/mol. The Morgan fingerprint density at radius 1 is 1.41 bits per heavy atom. The minimum absolute atomic E-state index is 0.0362. The fraction of sp³-hybridized carbons (Fsp3) is 0.562. The Labute approximate surface area is 130 Å². The van der Waals surface area contributed by atoms with E-state index in [2.05, 4.69) is 16.5 Å². The maximum Gasteiger partial charge on any atom is 0.245 e. The third-order valence-electron chi connectivity index (χ3n) is 3.76. The molecule has 1 N–H and O–H groups in total. The van der Waals surface area contributed by atoms with Crippen LogP contribution >= 0.6 is 0 Å². The molecule has 1 aliphatic rings. The van der Waals surface area contributed by atoms with Crippen molar-refractivity contribution in [2.45, 2.75) is 46.0 Å². The number of carbonyl (C=O) groups is 2. The van der Waals surface area contributed by atoms with Crippen molar-refractivity contribution in [1.29, 1.82) is 0 Å².